The molecule has 1 fully saturated rings. The SMILES string of the molecule is Cc1cc(C(C)NCc2ccc(N3CCCCC3=O)cc2)no1. The summed E-state index contributed by atoms with van der Waals surface area (Å²) in [6, 6.07) is 10.3. The zero-order valence-corrected chi connectivity index (χ0v) is 13.7. The van der Waals surface area contributed by atoms with E-state index < -0.39 is 0 Å². The van der Waals surface area contributed by atoms with Gasteiger partial charge in [-0.3, -0.25) is 4.79 Å². The van der Waals surface area contributed by atoms with Gasteiger partial charge in [-0.05, 0) is 44.4 Å². The molecule has 1 atom stereocenters. The summed E-state index contributed by atoms with van der Waals surface area (Å²) in [5.41, 5.74) is 3.10. The van der Waals surface area contributed by atoms with Crippen molar-refractivity contribution in [2.75, 3.05) is 11.4 Å². The van der Waals surface area contributed by atoms with Gasteiger partial charge in [0.2, 0.25) is 5.91 Å². The molecule has 5 nitrogen and oxygen atoms in total. The number of aromatic nitrogens is 1. The molecule has 2 heterocycles. The highest BCUT2D eigenvalue weighted by atomic mass is 16.5. The van der Waals surface area contributed by atoms with E-state index in [1.807, 2.05) is 30.0 Å². The third-order valence-corrected chi connectivity index (χ3v) is 4.27. The van der Waals surface area contributed by atoms with Gasteiger partial charge in [-0.2, -0.15) is 0 Å². The topological polar surface area (TPSA) is 58.4 Å². The lowest BCUT2D eigenvalue weighted by Gasteiger charge is -2.27. The van der Waals surface area contributed by atoms with E-state index in [1.54, 1.807) is 0 Å². The molecule has 1 aliphatic heterocycles. The summed E-state index contributed by atoms with van der Waals surface area (Å²) in [6.07, 6.45) is 2.76. The first kappa shape index (κ1) is 15.7. The van der Waals surface area contributed by atoms with E-state index in [2.05, 4.69) is 29.5 Å². The molecule has 3 rings (SSSR count). The van der Waals surface area contributed by atoms with E-state index in [-0.39, 0.29) is 11.9 Å². The number of benzene rings is 1. The van der Waals surface area contributed by atoms with Crippen LogP contribution in [0.3, 0.4) is 0 Å². The molecule has 23 heavy (non-hydrogen) atoms. The van der Waals surface area contributed by atoms with Gasteiger partial charge < -0.3 is 14.7 Å². The summed E-state index contributed by atoms with van der Waals surface area (Å²) < 4.78 is 5.10. The van der Waals surface area contributed by atoms with Crippen LogP contribution < -0.4 is 10.2 Å². The van der Waals surface area contributed by atoms with Crippen LogP contribution in [0.15, 0.2) is 34.9 Å². The number of aryl methyl sites for hydroxylation is 1. The molecule has 1 aromatic carbocycles. The molecule has 1 aliphatic rings. The van der Waals surface area contributed by atoms with E-state index in [0.717, 1.165) is 43.1 Å². The Labute approximate surface area is 136 Å². The van der Waals surface area contributed by atoms with Crippen molar-refractivity contribution in [3.05, 3.63) is 47.3 Å². The number of amides is 1. The largest absolute Gasteiger partial charge is 0.361 e. The van der Waals surface area contributed by atoms with Crippen molar-refractivity contribution in [1.29, 1.82) is 0 Å². The van der Waals surface area contributed by atoms with Crippen molar-refractivity contribution in [3.8, 4) is 0 Å². The average Bonchev–Trinajstić information content (AvgIpc) is 3.00. The molecule has 1 saturated heterocycles. The monoisotopic (exact) mass is 313 g/mol. The van der Waals surface area contributed by atoms with Gasteiger partial charge in [0.1, 0.15) is 11.5 Å². The van der Waals surface area contributed by atoms with Crippen LogP contribution in [0.1, 0.15) is 49.2 Å². The highest BCUT2D eigenvalue weighted by molar-refractivity contribution is 5.93. The van der Waals surface area contributed by atoms with Crippen LogP contribution >= 0.6 is 0 Å². The molecule has 0 saturated carbocycles. The fourth-order valence-corrected chi connectivity index (χ4v) is 2.84. The predicted octanol–water partition coefficient (Wildman–Crippen LogP) is 3.35. The number of carbonyl (C=O) groups is 1. The van der Waals surface area contributed by atoms with Crippen molar-refractivity contribution >= 4 is 11.6 Å². The summed E-state index contributed by atoms with van der Waals surface area (Å²) in [5.74, 6) is 1.06. The molecule has 122 valence electrons. The van der Waals surface area contributed by atoms with Crippen LogP contribution in [0.4, 0.5) is 5.69 Å². The van der Waals surface area contributed by atoms with Crippen molar-refractivity contribution < 1.29 is 9.32 Å². The van der Waals surface area contributed by atoms with Crippen LogP contribution in [0.2, 0.25) is 0 Å². The van der Waals surface area contributed by atoms with E-state index in [0.29, 0.717) is 6.42 Å². The Hall–Kier alpha value is -2.14. The fraction of sp³-hybridized carbons (Fsp3) is 0.444. The molecule has 0 radical (unpaired) electrons. The minimum atomic E-state index is 0.135. The van der Waals surface area contributed by atoms with Gasteiger partial charge >= 0.3 is 0 Å². The second-order valence-electron chi connectivity index (χ2n) is 6.13. The minimum Gasteiger partial charge on any atom is -0.361 e. The van der Waals surface area contributed by atoms with E-state index in [1.165, 1.54) is 5.56 Å². The number of hydrogen-bond acceptors (Lipinski definition) is 4. The van der Waals surface area contributed by atoms with Gasteiger partial charge in [-0.25, -0.2) is 0 Å². The van der Waals surface area contributed by atoms with Crippen LogP contribution in [0, 0.1) is 6.92 Å². The Morgan fingerprint density at radius 3 is 2.74 bits per heavy atom. The number of nitrogens with zero attached hydrogens (tertiary/aromatic N) is 2. The number of carbonyl (C=O) groups excluding carboxylic acids is 1. The summed E-state index contributed by atoms with van der Waals surface area (Å²) in [6.45, 7) is 5.54. The van der Waals surface area contributed by atoms with Crippen molar-refractivity contribution in [2.45, 2.75) is 45.7 Å². The summed E-state index contributed by atoms with van der Waals surface area (Å²) in [4.78, 5) is 13.8. The maximum atomic E-state index is 12.0. The number of piperidine rings is 1. The molecule has 1 amide bonds. The van der Waals surface area contributed by atoms with Gasteiger partial charge in [0, 0.05) is 31.3 Å². The number of nitrogens with one attached hydrogen (secondary N) is 1. The van der Waals surface area contributed by atoms with E-state index >= 15 is 0 Å². The second-order valence-corrected chi connectivity index (χ2v) is 6.13. The minimum absolute atomic E-state index is 0.135. The first-order valence-corrected chi connectivity index (χ1v) is 8.19. The first-order valence-electron chi connectivity index (χ1n) is 8.19. The summed E-state index contributed by atoms with van der Waals surface area (Å²) in [5, 5.41) is 7.46. The van der Waals surface area contributed by atoms with Gasteiger partial charge in [0.05, 0.1) is 6.04 Å². The lowest BCUT2D eigenvalue weighted by Crippen LogP contribution is -2.35. The van der Waals surface area contributed by atoms with Gasteiger partial charge in [0.15, 0.2) is 0 Å². The van der Waals surface area contributed by atoms with E-state index in [9.17, 15) is 4.79 Å². The van der Waals surface area contributed by atoms with Gasteiger partial charge in [-0.1, -0.05) is 17.3 Å². The average molecular weight is 313 g/mol. The number of rotatable bonds is 5. The Balaban J connectivity index is 1.58. The first-order chi connectivity index (χ1) is 11.1. The fourth-order valence-electron chi connectivity index (χ4n) is 2.84. The second kappa shape index (κ2) is 6.96. The van der Waals surface area contributed by atoms with Crippen LogP contribution in [0.25, 0.3) is 0 Å². The van der Waals surface area contributed by atoms with Crippen LogP contribution in [-0.4, -0.2) is 17.6 Å². The zero-order valence-electron chi connectivity index (χ0n) is 13.7. The number of anilines is 1. The molecule has 0 bridgehead atoms. The summed E-state index contributed by atoms with van der Waals surface area (Å²) in [7, 11) is 0. The van der Waals surface area contributed by atoms with Crippen molar-refractivity contribution in [3.63, 3.8) is 0 Å². The molecule has 1 N–H and O–H groups in total. The highest BCUT2D eigenvalue weighted by Gasteiger charge is 2.19. The zero-order chi connectivity index (χ0) is 16.2. The number of hydrogen-bond donors (Lipinski definition) is 1. The Morgan fingerprint density at radius 1 is 1.30 bits per heavy atom. The molecule has 2 aromatic rings. The van der Waals surface area contributed by atoms with Gasteiger partial charge in [0.25, 0.3) is 0 Å². The normalized spacial score (nSPS) is 16.6. The maximum absolute atomic E-state index is 12.0. The smallest absolute Gasteiger partial charge is 0.226 e. The van der Waals surface area contributed by atoms with Crippen molar-refractivity contribution in [1.82, 2.24) is 10.5 Å². The highest BCUT2D eigenvalue weighted by Crippen LogP contribution is 2.21. The lowest BCUT2D eigenvalue weighted by atomic mass is 10.1. The molecule has 1 unspecified atom stereocenters. The summed E-state index contributed by atoms with van der Waals surface area (Å²) >= 11 is 0. The quantitative estimate of drug-likeness (QED) is 0.919. The molecular weight excluding hydrogens is 290 g/mol. The standard InChI is InChI=1S/C18H23N3O2/c1-13-11-17(20-23-13)14(2)19-12-15-6-8-16(9-7-15)21-10-4-3-5-18(21)22/h6-9,11,14,19H,3-5,10,12H2,1-2H3. The Kier molecular flexibility index (Phi) is 4.76. The Bertz CT molecular complexity index is 663. The van der Waals surface area contributed by atoms with E-state index in [4.69, 9.17) is 4.52 Å². The van der Waals surface area contributed by atoms with Gasteiger partial charge in [-0.15, -0.1) is 0 Å². The molecule has 1 aromatic heterocycles. The predicted molar refractivity (Wildman–Crippen MR) is 89.1 cm³/mol. The Morgan fingerprint density at radius 2 is 2.09 bits per heavy atom. The third kappa shape index (κ3) is 3.79. The lowest BCUT2D eigenvalue weighted by molar-refractivity contribution is -0.119. The molecule has 0 spiro atoms. The molecule has 0 aliphatic carbocycles. The molecule has 5 heteroatoms. The van der Waals surface area contributed by atoms with Crippen molar-refractivity contribution in [2.24, 2.45) is 0 Å². The van der Waals surface area contributed by atoms with Crippen LogP contribution in [0.5, 0.6) is 0 Å². The van der Waals surface area contributed by atoms with Crippen LogP contribution in [-0.2, 0) is 11.3 Å². The maximum Gasteiger partial charge on any atom is 0.226 e. The third-order valence-electron chi connectivity index (χ3n) is 4.27. The molecular formula is C18H23N3O2.